The van der Waals surface area contributed by atoms with Crippen LogP contribution in [0.1, 0.15) is 5.69 Å². The number of imidazole rings is 1. The molecule has 2 aromatic heterocycles. The molecule has 1 aromatic carbocycles. The van der Waals surface area contributed by atoms with Gasteiger partial charge in [-0.2, -0.15) is 0 Å². The summed E-state index contributed by atoms with van der Waals surface area (Å²) in [4.78, 5) is 8.83. The second-order valence-electron chi connectivity index (χ2n) is 4.71. The minimum atomic E-state index is -3.19. The zero-order valence-electron chi connectivity index (χ0n) is 11.4. The highest BCUT2D eigenvalue weighted by Gasteiger charge is 2.11. The molecule has 6 nitrogen and oxygen atoms in total. The van der Waals surface area contributed by atoms with E-state index < -0.39 is 9.84 Å². The SMILES string of the molecule is CS(=O)(=O)c1ccc(-c2cnc3c(CN)nccn23)cc1. The van der Waals surface area contributed by atoms with Crippen molar-refractivity contribution in [1.29, 1.82) is 0 Å². The third-order valence-corrected chi connectivity index (χ3v) is 4.40. The average Bonchev–Trinajstić information content (AvgIpc) is 2.90. The number of fused-ring (bicyclic) bond motifs is 1. The van der Waals surface area contributed by atoms with Crippen LogP contribution in [0.3, 0.4) is 0 Å². The minimum absolute atomic E-state index is 0.296. The predicted molar refractivity (Wildman–Crippen MR) is 79.4 cm³/mol. The van der Waals surface area contributed by atoms with E-state index in [1.807, 2.05) is 4.40 Å². The van der Waals surface area contributed by atoms with E-state index in [0.717, 1.165) is 17.0 Å². The van der Waals surface area contributed by atoms with Crippen LogP contribution in [0.25, 0.3) is 16.9 Å². The van der Waals surface area contributed by atoms with E-state index >= 15 is 0 Å². The Balaban J connectivity index is 2.13. The molecule has 7 heteroatoms. The summed E-state index contributed by atoms with van der Waals surface area (Å²) in [5.41, 5.74) is 8.82. The van der Waals surface area contributed by atoms with Gasteiger partial charge in [0.15, 0.2) is 15.5 Å². The van der Waals surface area contributed by atoms with Crippen molar-refractivity contribution in [3.63, 3.8) is 0 Å². The number of nitrogens with two attached hydrogens (primary N) is 1. The zero-order valence-corrected chi connectivity index (χ0v) is 12.2. The highest BCUT2D eigenvalue weighted by atomic mass is 32.2. The van der Waals surface area contributed by atoms with Gasteiger partial charge < -0.3 is 5.73 Å². The fraction of sp³-hybridized carbons (Fsp3) is 0.143. The second-order valence-corrected chi connectivity index (χ2v) is 6.73. The van der Waals surface area contributed by atoms with Crippen LogP contribution in [0, 0.1) is 0 Å². The molecule has 21 heavy (non-hydrogen) atoms. The lowest BCUT2D eigenvalue weighted by molar-refractivity contribution is 0.602. The molecule has 3 aromatic rings. The quantitative estimate of drug-likeness (QED) is 0.786. The zero-order chi connectivity index (χ0) is 15.0. The highest BCUT2D eigenvalue weighted by molar-refractivity contribution is 7.90. The molecule has 0 amide bonds. The molecule has 0 atom stereocenters. The van der Waals surface area contributed by atoms with Crippen LogP contribution in [-0.2, 0) is 16.4 Å². The Hall–Kier alpha value is -2.25. The van der Waals surface area contributed by atoms with Gasteiger partial charge in [-0.3, -0.25) is 9.38 Å². The standard InChI is InChI=1S/C14H14N4O2S/c1-21(19,20)11-4-2-10(3-5-11)13-9-17-14-12(8-15)16-6-7-18(13)14/h2-7,9H,8,15H2,1H3. The predicted octanol–water partition coefficient (Wildman–Crippen LogP) is 1.26. The first kappa shape index (κ1) is 13.7. The Morgan fingerprint density at radius 3 is 2.52 bits per heavy atom. The van der Waals surface area contributed by atoms with E-state index in [2.05, 4.69) is 9.97 Å². The van der Waals surface area contributed by atoms with Crippen LogP contribution in [-0.4, -0.2) is 29.0 Å². The Kier molecular flexibility index (Phi) is 3.23. The van der Waals surface area contributed by atoms with Gasteiger partial charge in [-0.05, 0) is 12.1 Å². The second kappa shape index (κ2) is 4.94. The summed E-state index contributed by atoms with van der Waals surface area (Å²) in [6.07, 6.45) is 6.40. The van der Waals surface area contributed by atoms with Crippen LogP contribution < -0.4 is 5.73 Å². The fourth-order valence-corrected chi connectivity index (χ4v) is 2.83. The summed E-state index contributed by atoms with van der Waals surface area (Å²) in [5, 5.41) is 0. The van der Waals surface area contributed by atoms with Gasteiger partial charge in [0, 0.05) is 30.8 Å². The van der Waals surface area contributed by atoms with Crippen LogP contribution >= 0.6 is 0 Å². The van der Waals surface area contributed by atoms with Crippen LogP contribution in [0.15, 0.2) is 47.8 Å². The third-order valence-electron chi connectivity index (χ3n) is 3.27. The van der Waals surface area contributed by atoms with Gasteiger partial charge in [0.2, 0.25) is 0 Å². The van der Waals surface area contributed by atoms with Gasteiger partial charge >= 0.3 is 0 Å². The number of nitrogens with zero attached hydrogens (tertiary/aromatic N) is 3. The smallest absolute Gasteiger partial charge is 0.175 e. The van der Waals surface area contributed by atoms with Crippen molar-refractivity contribution in [3.05, 3.63) is 48.5 Å². The summed E-state index contributed by atoms with van der Waals surface area (Å²) in [7, 11) is -3.19. The molecule has 3 rings (SSSR count). The maximum atomic E-state index is 11.5. The van der Waals surface area contributed by atoms with Crippen LogP contribution in [0.2, 0.25) is 0 Å². The average molecular weight is 302 g/mol. The van der Waals surface area contributed by atoms with Crippen LogP contribution in [0.4, 0.5) is 0 Å². The van der Waals surface area contributed by atoms with E-state index in [-0.39, 0.29) is 0 Å². The number of hydrogen-bond donors (Lipinski definition) is 1. The Morgan fingerprint density at radius 1 is 1.19 bits per heavy atom. The monoisotopic (exact) mass is 302 g/mol. The van der Waals surface area contributed by atoms with Gasteiger partial charge in [0.25, 0.3) is 0 Å². The highest BCUT2D eigenvalue weighted by Crippen LogP contribution is 2.23. The van der Waals surface area contributed by atoms with E-state index in [0.29, 0.717) is 17.1 Å². The summed E-state index contributed by atoms with van der Waals surface area (Å²) >= 11 is 0. The molecule has 0 aliphatic heterocycles. The first-order valence-corrected chi connectivity index (χ1v) is 8.21. The van der Waals surface area contributed by atoms with Crippen molar-refractivity contribution in [2.75, 3.05) is 6.26 Å². The van der Waals surface area contributed by atoms with Crippen molar-refractivity contribution in [1.82, 2.24) is 14.4 Å². The lowest BCUT2D eigenvalue weighted by Crippen LogP contribution is -2.03. The first-order chi connectivity index (χ1) is 10.0. The molecular formula is C14H14N4O2S. The van der Waals surface area contributed by atoms with Crippen molar-refractivity contribution in [3.8, 4) is 11.3 Å². The van der Waals surface area contributed by atoms with Gasteiger partial charge in [-0.25, -0.2) is 13.4 Å². The van der Waals surface area contributed by atoms with Gasteiger partial charge in [-0.1, -0.05) is 12.1 Å². The molecule has 0 aliphatic carbocycles. The fourth-order valence-electron chi connectivity index (χ4n) is 2.20. The lowest BCUT2D eigenvalue weighted by Gasteiger charge is -2.04. The molecule has 0 saturated heterocycles. The summed E-state index contributed by atoms with van der Waals surface area (Å²) in [6.45, 7) is 0.313. The molecule has 0 saturated carbocycles. The molecular weight excluding hydrogens is 288 g/mol. The van der Waals surface area contributed by atoms with Gasteiger partial charge in [0.05, 0.1) is 22.5 Å². The van der Waals surface area contributed by atoms with E-state index in [1.54, 1.807) is 42.9 Å². The largest absolute Gasteiger partial charge is 0.325 e. The third kappa shape index (κ3) is 2.41. The molecule has 0 aliphatic rings. The minimum Gasteiger partial charge on any atom is -0.325 e. The van der Waals surface area contributed by atoms with Crippen molar-refractivity contribution >= 4 is 15.5 Å². The Labute approximate surface area is 122 Å². The Morgan fingerprint density at radius 2 is 1.90 bits per heavy atom. The summed E-state index contributed by atoms with van der Waals surface area (Å²) < 4.78 is 24.9. The topological polar surface area (TPSA) is 90.3 Å². The maximum absolute atomic E-state index is 11.5. The van der Waals surface area contributed by atoms with E-state index in [1.165, 1.54) is 6.26 Å². The number of sulfone groups is 1. The number of rotatable bonds is 3. The molecule has 2 heterocycles. The van der Waals surface area contributed by atoms with E-state index in [9.17, 15) is 8.42 Å². The van der Waals surface area contributed by atoms with Crippen molar-refractivity contribution in [2.45, 2.75) is 11.4 Å². The number of aromatic nitrogens is 3. The maximum Gasteiger partial charge on any atom is 0.175 e. The Bertz CT molecular complexity index is 898. The summed E-state index contributed by atoms with van der Waals surface area (Å²) in [6, 6.07) is 6.72. The number of hydrogen-bond acceptors (Lipinski definition) is 5. The van der Waals surface area contributed by atoms with Crippen molar-refractivity contribution < 1.29 is 8.42 Å². The normalized spacial score (nSPS) is 11.9. The van der Waals surface area contributed by atoms with Crippen molar-refractivity contribution in [2.24, 2.45) is 5.73 Å². The molecule has 0 fully saturated rings. The van der Waals surface area contributed by atoms with Crippen LogP contribution in [0.5, 0.6) is 0 Å². The molecule has 0 bridgehead atoms. The molecule has 0 unspecified atom stereocenters. The first-order valence-electron chi connectivity index (χ1n) is 6.32. The molecule has 0 radical (unpaired) electrons. The number of benzene rings is 1. The lowest BCUT2D eigenvalue weighted by atomic mass is 10.2. The molecule has 108 valence electrons. The van der Waals surface area contributed by atoms with E-state index in [4.69, 9.17) is 5.73 Å². The summed E-state index contributed by atoms with van der Waals surface area (Å²) in [5.74, 6) is 0. The van der Waals surface area contributed by atoms with Gasteiger partial charge in [0.1, 0.15) is 0 Å². The molecule has 2 N–H and O–H groups in total. The van der Waals surface area contributed by atoms with Gasteiger partial charge in [-0.15, -0.1) is 0 Å². The molecule has 0 spiro atoms.